The number of carbonyl (C=O) groups excluding carboxylic acids is 1. The molecule has 1 aliphatic rings. The van der Waals surface area contributed by atoms with E-state index in [2.05, 4.69) is 11.6 Å². The van der Waals surface area contributed by atoms with Crippen LogP contribution in [0.1, 0.15) is 41.3 Å². The number of aryl methyl sites for hydroxylation is 2. The number of hydrogen-bond donors (Lipinski definition) is 1. The van der Waals surface area contributed by atoms with E-state index in [-0.39, 0.29) is 10.8 Å². The number of benzene rings is 2. The van der Waals surface area contributed by atoms with E-state index in [0.717, 1.165) is 37.1 Å². The van der Waals surface area contributed by atoms with Gasteiger partial charge in [-0.2, -0.15) is 0 Å². The van der Waals surface area contributed by atoms with Gasteiger partial charge in [-0.25, -0.2) is 8.42 Å². The first kappa shape index (κ1) is 19.4. The standard InChI is InChI=1S/C21H26N2O3S/c1-15-6-10-19(11-7-15)27(25,26)22-20-13-18(9-8-17(20)3)21(24)23-12-4-5-16(2)14-23/h6-11,13,16,22H,4-5,12,14H2,1-3H3. The molecule has 0 saturated carbocycles. The van der Waals surface area contributed by atoms with Gasteiger partial charge in [0.1, 0.15) is 0 Å². The molecule has 0 aromatic heterocycles. The molecule has 6 heteroatoms. The van der Waals surface area contributed by atoms with E-state index < -0.39 is 10.0 Å². The Labute approximate surface area is 161 Å². The van der Waals surface area contributed by atoms with Crippen LogP contribution in [0.25, 0.3) is 0 Å². The molecule has 0 spiro atoms. The van der Waals surface area contributed by atoms with E-state index in [1.807, 2.05) is 18.7 Å². The minimum absolute atomic E-state index is 0.0441. The fourth-order valence-corrected chi connectivity index (χ4v) is 4.46. The van der Waals surface area contributed by atoms with Crippen LogP contribution in [-0.4, -0.2) is 32.3 Å². The maximum absolute atomic E-state index is 12.8. The molecule has 27 heavy (non-hydrogen) atoms. The van der Waals surface area contributed by atoms with Crippen LogP contribution in [0.15, 0.2) is 47.4 Å². The van der Waals surface area contributed by atoms with Crippen molar-refractivity contribution in [2.24, 2.45) is 5.92 Å². The van der Waals surface area contributed by atoms with Gasteiger partial charge in [0.05, 0.1) is 10.6 Å². The molecule has 0 aliphatic carbocycles. The van der Waals surface area contributed by atoms with Crippen LogP contribution in [0.2, 0.25) is 0 Å². The van der Waals surface area contributed by atoms with Gasteiger partial charge in [-0.3, -0.25) is 9.52 Å². The number of amides is 1. The number of likely N-dealkylation sites (tertiary alicyclic amines) is 1. The van der Waals surface area contributed by atoms with Gasteiger partial charge in [0.2, 0.25) is 0 Å². The van der Waals surface area contributed by atoms with E-state index in [1.165, 1.54) is 0 Å². The predicted molar refractivity (Wildman–Crippen MR) is 107 cm³/mol. The van der Waals surface area contributed by atoms with Crippen LogP contribution in [-0.2, 0) is 10.0 Å². The lowest BCUT2D eigenvalue weighted by Crippen LogP contribution is -2.39. The van der Waals surface area contributed by atoms with Gasteiger partial charge in [-0.05, 0) is 62.4 Å². The summed E-state index contributed by atoms with van der Waals surface area (Å²) in [5, 5.41) is 0. The van der Waals surface area contributed by atoms with E-state index in [4.69, 9.17) is 0 Å². The highest BCUT2D eigenvalue weighted by Gasteiger charge is 2.23. The number of anilines is 1. The summed E-state index contributed by atoms with van der Waals surface area (Å²) in [7, 11) is -3.70. The number of carbonyl (C=O) groups is 1. The van der Waals surface area contributed by atoms with Crippen LogP contribution >= 0.6 is 0 Å². The number of sulfonamides is 1. The molecule has 1 N–H and O–H groups in total. The van der Waals surface area contributed by atoms with Crippen molar-refractivity contribution in [1.82, 2.24) is 4.90 Å². The third kappa shape index (κ3) is 4.50. The second-order valence-electron chi connectivity index (χ2n) is 7.45. The molecule has 1 amide bonds. The van der Waals surface area contributed by atoms with Gasteiger partial charge in [0.15, 0.2) is 0 Å². The fraction of sp³-hybridized carbons (Fsp3) is 0.381. The van der Waals surface area contributed by atoms with Crippen molar-refractivity contribution in [3.05, 3.63) is 59.2 Å². The largest absolute Gasteiger partial charge is 0.338 e. The topological polar surface area (TPSA) is 66.5 Å². The molecule has 5 nitrogen and oxygen atoms in total. The zero-order valence-electron chi connectivity index (χ0n) is 16.0. The smallest absolute Gasteiger partial charge is 0.261 e. The molecule has 3 rings (SSSR count). The molecule has 1 aliphatic heterocycles. The Morgan fingerprint density at radius 3 is 2.48 bits per heavy atom. The summed E-state index contributed by atoms with van der Waals surface area (Å²) in [6, 6.07) is 11.9. The van der Waals surface area contributed by atoms with Crippen molar-refractivity contribution in [1.29, 1.82) is 0 Å². The van der Waals surface area contributed by atoms with Crippen molar-refractivity contribution in [3.8, 4) is 0 Å². The van der Waals surface area contributed by atoms with Gasteiger partial charge < -0.3 is 4.90 Å². The predicted octanol–water partition coefficient (Wildman–Crippen LogP) is 3.98. The van der Waals surface area contributed by atoms with Crippen molar-refractivity contribution < 1.29 is 13.2 Å². The second kappa shape index (κ2) is 7.72. The number of rotatable bonds is 4. The average Bonchev–Trinajstić information content (AvgIpc) is 2.63. The lowest BCUT2D eigenvalue weighted by atomic mass is 9.99. The minimum atomic E-state index is -3.70. The Balaban J connectivity index is 1.85. The summed E-state index contributed by atoms with van der Waals surface area (Å²) in [5.41, 5.74) is 2.71. The normalized spacial score (nSPS) is 17.6. The maximum atomic E-state index is 12.8. The van der Waals surface area contributed by atoms with Crippen LogP contribution in [0.4, 0.5) is 5.69 Å². The highest BCUT2D eigenvalue weighted by molar-refractivity contribution is 7.92. The summed E-state index contributed by atoms with van der Waals surface area (Å²) in [5.74, 6) is 0.449. The van der Waals surface area contributed by atoms with Crippen molar-refractivity contribution in [3.63, 3.8) is 0 Å². The van der Waals surface area contributed by atoms with Gasteiger partial charge in [0, 0.05) is 18.7 Å². The molecule has 1 heterocycles. The lowest BCUT2D eigenvalue weighted by molar-refractivity contribution is 0.0683. The van der Waals surface area contributed by atoms with E-state index in [0.29, 0.717) is 17.2 Å². The molecule has 2 aromatic carbocycles. The zero-order chi connectivity index (χ0) is 19.6. The van der Waals surface area contributed by atoms with Crippen molar-refractivity contribution >= 4 is 21.6 Å². The van der Waals surface area contributed by atoms with Crippen molar-refractivity contribution in [2.75, 3.05) is 17.8 Å². The molecule has 1 atom stereocenters. The Morgan fingerprint density at radius 2 is 1.81 bits per heavy atom. The van der Waals surface area contributed by atoms with Crippen LogP contribution in [0.3, 0.4) is 0 Å². The number of nitrogens with one attached hydrogen (secondary N) is 1. The molecule has 0 radical (unpaired) electrons. The highest BCUT2D eigenvalue weighted by Crippen LogP contribution is 2.24. The zero-order valence-corrected chi connectivity index (χ0v) is 16.8. The third-order valence-electron chi connectivity index (χ3n) is 5.00. The molecule has 1 fully saturated rings. The summed E-state index contributed by atoms with van der Waals surface area (Å²) in [6.07, 6.45) is 2.14. The Hall–Kier alpha value is -2.34. The average molecular weight is 387 g/mol. The van der Waals surface area contributed by atoms with Gasteiger partial charge in [-0.1, -0.05) is 30.7 Å². The van der Waals surface area contributed by atoms with Crippen molar-refractivity contribution in [2.45, 2.75) is 38.5 Å². The molecule has 1 unspecified atom stereocenters. The van der Waals surface area contributed by atoms with Gasteiger partial charge >= 0.3 is 0 Å². The Kier molecular flexibility index (Phi) is 5.56. The monoisotopic (exact) mass is 386 g/mol. The van der Waals surface area contributed by atoms with E-state index in [1.54, 1.807) is 42.5 Å². The number of hydrogen-bond acceptors (Lipinski definition) is 3. The summed E-state index contributed by atoms with van der Waals surface area (Å²) < 4.78 is 28.0. The molecular weight excluding hydrogens is 360 g/mol. The van der Waals surface area contributed by atoms with Crippen LogP contribution in [0.5, 0.6) is 0 Å². The first-order valence-electron chi connectivity index (χ1n) is 9.26. The second-order valence-corrected chi connectivity index (χ2v) is 9.13. The third-order valence-corrected chi connectivity index (χ3v) is 6.39. The summed E-state index contributed by atoms with van der Waals surface area (Å²) in [6.45, 7) is 7.38. The molecule has 2 aromatic rings. The maximum Gasteiger partial charge on any atom is 0.261 e. The number of nitrogens with zero attached hydrogens (tertiary/aromatic N) is 1. The Morgan fingerprint density at radius 1 is 1.11 bits per heavy atom. The summed E-state index contributed by atoms with van der Waals surface area (Å²) in [4.78, 5) is 14.9. The van der Waals surface area contributed by atoms with Crippen LogP contribution in [0, 0.1) is 19.8 Å². The molecule has 1 saturated heterocycles. The van der Waals surface area contributed by atoms with E-state index >= 15 is 0 Å². The first-order chi connectivity index (χ1) is 12.8. The lowest BCUT2D eigenvalue weighted by Gasteiger charge is -2.31. The first-order valence-corrected chi connectivity index (χ1v) is 10.7. The minimum Gasteiger partial charge on any atom is -0.338 e. The van der Waals surface area contributed by atoms with Crippen LogP contribution < -0.4 is 4.72 Å². The fourth-order valence-electron chi connectivity index (χ4n) is 3.34. The molecular formula is C21H26N2O3S. The van der Waals surface area contributed by atoms with Gasteiger partial charge in [-0.15, -0.1) is 0 Å². The molecule has 0 bridgehead atoms. The van der Waals surface area contributed by atoms with E-state index in [9.17, 15) is 13.2 Å². The SMILES string of the molecule is Cc1ccc(S(=O)(=O)Nc2cc(C(=O)N3CCCC(C)C3)ccc2C)cc1. The number of piperidine rings is 1. The molecule has 144 valence electrons. The summed E-state index contributed by atoms with van der Waals surface area (Å²) >= 11 is 0. The van der Waals surface area contributed by atoms with Gasteiger partial charge in [0.25, 0.3) is 15.9 Å². The quantitative estimate of drug-likeness (QED) is 0.864. The Bertz CT molecular complexity index is 936. The highest BCUT2D eigenvalue weighted by atomic mass is 32.2.